The van der Waals surface area contributed by atoms with E-state index in [9.17, 15) is 4.39 Å². The summed E-state index contributed by atoms with van der Waals surface area (Å²) < 4.78 is 16.5. The standard InChI is InChI=1S/C15H19BrFN3S/c1-3-12-15(16)13(20(2)19-12)8-10(18)9-21-14-7-5-4-6-11(14)17/h4-7,10H,3,8-9,18H2,1-2H3. The van der Waals surface area contributed by atoms with Crippen LogP contribution in [0.1, 0.15) is 18.3 Å². The van der Waals surface area contributed by atoms with Gasteiger partial charge in [-0.05, 0) is 34.5 Å². The van der Waals surface area contributed by atoms with Crippen LogP contribution < -0.4 is 5.73 Å². The van der Waals surface area contributed by atoms with E-state index in [1.54, 1.807) is 12.1 Å². The predicted octanol–water partition coefficient (Wildman–Crippen LogP) is 3.55. The Morgan fingerprint density at radius 1 is 1.43 bits per heavy atom. The molecule has 2 N–H and O–H groups in total. The van der Waals surface area contributed by atoms with Gasteiger partial charge in [0.25, 0.3) is 0 Å². The molecule has 0 aliphatic heterocycles. The largest absolute Gasteiger partial charge is 0.327 e. The molecule has 0 saturated heterocycles. The third-order valence-corrected chi connectivity index (χ3v) is 5.40. The molecule has 0 spiro atoms. The van der Waals surface area contributed by atoms with Gasteiger partial charge >= 0.3 is 0 Å². The van der Waals surface area contributed by atoms with Gasteiger partial charge in [-0.2, -0.15) is 5.10 Å². The Balaban J connectivity index is 1.98. The van der Waals surface area contributed by atoms with Crippen LogP contribution in [0.25, 0.3) is 0 Å². The van der Waals surface area contributed by atoms with Gasteiger partial charge in [0.15, 0.2) is 0 Å². The number of nitrogens with zero attached hydrogens (tertiary/aromatic N) is 2. The smallest absolute Gasteiger partial charge is 0.136 e. The SMILES string of the molecule is CCc1nn(C)c(CC(N)CSc2ccccc2F)c1Br. The molecule has 0 saturated carbocycles. The number of thioether (sulfide) groups is 1. The van der Waals surface area contributed by atoms with E-state index in [0.717, 1.165) is 22.3 Å². The van der Waals surface area contributed by atoms with Gasteiger partial charge < -0.3 is 5.73 Å². The van der Waals surface area contributed by atoms with E-state index >= 15 is 0 Å². The van der Waals surface area contributed by atoms with E-state index in [2.05, 4.69) is 28.0 Å². The first-order valence-electron chi connectivity index (χ1n) is 6.86. The van der Waals surface area contributed by atoms with Crippen LogP contribution >= 0.6 is 27.7 Å². The Morgan fingerprint density at radius 3 is 2.76 bits per heavy atom. The van der Waals surface area contributed by atoms with Crippen LogP contribution in [-0.4, -0.2) is 21.6 Å². The average Bonchev–Trinajstić information content (AvgIpc) is 2.74. The Hall–Kier alpha value is -0.850. The maximum atomic E-state index is 13.6. The molecule has 2 rings (SSSR count). The second-order valence-corrected chi connectivity index (χ2v) is 6.74. The second-order valence-electron chi connectivity index (χ2n) is 4.89. The third kappa shape index (κ3) is 4.08. The number of aromatic nitrogens is 2. The summed E-state index contributed by atoms with van der Waals surface area (Å²) in [5.74, 6) is 0.477. The first kappa shape index (κ1) is 16.5. The summed E-state index contributed by atoms with van der Waals surface area (Å²) in [6.45, 7) is 2.07. The summed E-state index contributed by atoms with van der Waals surface area (Å²) in [7, 11) is 1.93. The number of nitrogens with two attached hydrogens (primary N) is 1. The Bertz CT molecular complexity index is 615. The van der Waals surface area contributed by atoms with Gasteiger partial charge in [-0.1, -0.05) is 19.1 Å². The Morgan fingerprint density at radius 2 is 2.14 bits per heavy atom. The average molecular weight is 372 g/mol. The maximum Gasteiger partial charge on any atom is 0.136 e. The maximum absolute atomic E-state index is 13.6. The number of rotatable bonds is 6. The number of halogens is 2. The minimum absolute atomic E-state index is 0.0500. The van der Waals surface area contributed by atoms with E-state index in [-0.39, 0.29) is 11.9 Å². The number of aryl methyl sites for hydroxylation is 2. The molecular formula is C15H19BrFN3S. The molecule has 0 radical (unpaired) electrons. The zero-order chi connectivity index (χ0) is 15.4. The lowest BCUT2D eigenvalue weighted by molar-refractivity contribution is 0.601. The van der Waals surface area contributed by atoms with Gasteiger partial charge in [-0.15, -0.1) is 11.8 Å². The Labute approximate surface area is 137 Å². The zero-order valence-electron chi connectivity index (χ0n) is 12.1. The predicted molar refractivity (Wildman–Crippen MR) is 89.1 cm³/mol. The fourth-order valence-electron chi connectivity index (χ4n) is 2.11. The van der Waals surface area contributed by atoms with Crippen LogP contribution in [0.15, 0.2) is 33.6 Å². The zero-order valence-corrected chi connectivity index (χ0v) is 14.5. The number of benzene rings is 1. The first-order valence-corrected chi connectivity index (χ1v) is 8.64. The molecule has 1 unspecified atom stereocenters. The molecule has 0 aliphatic carbocycles. The van der Waals surface area contributed by atoms with Crippen molar-refractivity contribution >= 4 is 27.7 Å². The normalized spacial score (nSPS) is 12.6. The molecule has 6 heteroatoms. The minimum Gasteiger partial charge on any atom is -0.327 e. The fourth-order valence-corrected chi connectivity index (χ4v) is 3.78. The van der Waals surface area contributed by atoms with Gasteiger partial charge in [-0.25, -0.2) is 4.39 Å². The molecule has 1 heterocycles. The molecule has 0 amide bonds. The quantitative estimate of drug-likeness (QED) is 0.789. The first-order chi connectivity index (χ1) is 10.0. The van der Waals surface area contributed by atoms with Crippen LogP contribution in [-0.2, 0) is 19.9 Å². The summed E-state index contributed by atoms with van der Waals surface area (Å²) in [6, 6.07) is 6.73. The van der Waals surface area contributed by atoms with Crippen molar-refractivity contribution in [1.29, 1.82) is 0 Å². The summed E-state index contributed by atoms with van der Waals surface area (Å²) >= 11 is 5.05. The van der Waals surface area contributed by atoms with Crippen LogP contribution in [0.3, 0.4) is 0 Å². The number of hydrogen-bond donors (Lipinski definition) is 1. The highest BCUT2D eigenvalue weighted by molar-refractivity contribution is 9.10. The van der Waals surface area contributed by atoms with Crippen molar-refractivity contribution in [3.63, 3.8) is 0 Å². The molecule has 1 atom stereocenters. The fraction of sp³-hybridized carbons (Fsp3) is 0.400. The van der Waals surface area contributed by atoms with Crippen LogP contribution in [0.2, 0.25) is 0 Å². The van der Waals surface area contributed by atoms with Gasteiger partial charge in [-0.3, -0.25) is 4.68 Å². The highest BCUT2D eigenvalue weighted by atomic mass is 79.9. The van der Waals surface area contributed by atoms with E-state index < -0.39 is 0 Å². The summed E-state index contributed by atoms with van der Waals surface area (Å²) in [5, 5.41) is 4.46. The van der Waals surface area contributed by atoms with Crippen LogP contribution in [0.5, 0.6) is 0 Å². The van der Waals surface area contributed by atoms with Gasteiger partial charge in [0.1, 0.15) is 5.82 Å². The molecule has 0 fully saturated rings. The Kier molecular flexibility index (Phi) is 5.84. The van der Waals surface area contributed by atoms with E-state index in [4.69, 9.17) is 5.73 Å². The molecular weight excluding hydrogens is 353 g/mol. The van der Waals surface area contributed by atoms with Crippen molar-refractivity contribution in [2.45, 2.75) is 30.7 Å². The second kappa shape index (κ2) is 7.42. The molecule has 114 valence electrons. The van der Waals surface area contributed by atoms with Crippen molar-refractivity contribution in [3.05, 3.63) is 45.9 Å². The highest BCUT2D eigenvalue weighted by Gasteiger charge is 2.16. The lowest BCUT2D eigenvalue weighted by Gasteiger charge is -2.12. The lowest BCUT2D eigenvalue weighted by atomic mass is 10.2. The minimum atomic E-state index is -0.190. The van der Waals surface area contributed by atoms with Crippen molar-refractivity contribution < 1.29 is 4.39 Å². The van der Waals surface area contributed by atoms with E-state index in [0.29, 0.717) is 17.1 Å². The van der Waals surface area contributed by atoms with Crippen molar-refractivity contribution in [2.75, 3.05) is 5.75 Å². The molecule has 1 aromatic carbocycles. The van der Waals surface area contributed by atoms with Crippen LogP contribution in [0, 0.1) is 5.82 Å². The van der Waals surface area contributed by atoms with Gasteiger partial charge in [0.05, 0.1) is 15.9 Å². The third-order valence-electron chi connectivity index (χ3n) is 3.25. The van der Waals surface area contributed by atoms with Gasteiger partial charge in [0, 0.05) is 30.2 Å². The van der Waals surface area contributed by atoms with Crippen molar-refractivity contribution in [1.82, 2.24) is 9.78 Å². The lowest BCUT2D eigenvalue weighted by Crippen LogP contribution is -2.27. The van der Waals surface area contributed by atoms with Crippen molar-refractivity contribution in [2.24, 2.45) is 12.8 Å². The summed E-state index contributed by atoms with van der Waals surface area (Å²) in [5.41, 5.74) is 8.32. The highest BCUT2D eigenvalue weighted by Crippen LogP contribution is 2.25. The summed E-state index contributed by atoms with van der Waals surface area (Å²) in [4.78, 5) is 0.645. The topological polar surface area (TPSA) is 43.8 Å². The molecule has 3 nitrogen and oxygen atoms in total. The molecule has 0 aliphatic rings. The molecule has 0 bridgehead atoms. The molecule has 2 aromatic rings. The van der Waals surface area contributed by atoms with Gasteiger partial charge in [0.2, 0.25) is 0 Å². The van der Waals surface area contributed by atoms with Crippen molar-refractivity contribution in [3.8, 4) is 0 Å². The molecule has 21 heavy (non-hydrogen) atoms. The summed E-state index contributed by atoms with van der Waals surface area (Å²) in [6.07, 6.45) is 1.60. The monoisotopic (exact) mass is 371 g/mol. The number of hydrogen-bond acceptors (Lipinski definition) is 3. The van der Waals surface area contributed by atoms with Crippen LogP contribution in [0.4, 0.5) is 4.39 Å². The van der Waals surface area contributed by atoms with E-state index in [1.165, 1.54) is 17.8 Å². The molecule has 1 aromatic heterocycles. The van der Waals surface area contributed by atoms with E-state index in [1.807, 2.05) is 17.8 Å².